The molecule has 2 N–H and O–H groups in total. The fourth-order valence-electron chi connectivity index (χ4n) is 2.54. The van der Waals surface area contributed by atoms with Gasteiger partial charge in [0.25, 0.3) is 0 Å². The Bertz CT molecular complexity index is 456. The summed E-state index contributed by atoms with van der Waals surface area (Å²) in [5.41, 5.74) is 3.22. The summed E-state index contributed by atoms with van der Waals surface area (Å²) >= 11 is 0. The van der Waals surface area contributed by atoms with E-state index >= 15 is 0 Å². The SMILES string of the molecule is CC.CC.Cc1cc(O)cc(C)c1CC(NC(C)C)C(=O)C(C)C. The molecule has 1 rings (SSSR count). The molecule has 0 aliphatic heterocycles. The highest BCUT2D eigenvalue weighted by Crippen LogP contribution is 2.22. The average Bonchev–Trinajstić information content (AvgIpc) is 2.52. The van der Waals surface area contributed by atoms with Crippen LogP contribution in [0.25, 0.3) is 0 Å². The van der Waals surface area contributed by atoms with Gasteiger partial charge in [-0.25, -0.2) is 0 Å². The highest BCUT2D eigenvalue weighted by molar-refractivity contribution is 5.86. The average molecular weight is 338 g/mol. The lowest BCUT2D eigenvalue weighted by Crippen LogP contribution is -2.44. The van der Waals surface area contributed by atoms with Gasteiger partial charge >= 0.3 is 0 Å². The Kier molecular flexibility index (Phi) is 13.5. The van der Waals surface area contributed by atoms with Crippen molar-refractivity contribution in [3.63, 3.8) is 0 Å². The fraction of sp³-hybridized carbons (Fsp3) is 0.667. The molecular weight excluding hydrogens is 298 g/mol. The number of rotatable bonds is 6. The summed E-state index contributed by atoms with van der Waals surface area (Å²) in [6.45, 7) is 19.9. The maximum Gasteiger partial charge on any atom is 0.152 e. The Hall–Kier alpha value is -1.35. The van der Waals surface area contributed by atoms with Crippen LogP contribution in [0.4, 0.5) is 0 Å². The second-order valence-electron chi connectivity index (χ2n) is 6.19. The quantitative estimate of drug-likeness (QED) is 0.750. The Morgan fingerprint density at radius 1 is 1.00 bits per heavy atom. The molecule has 140 valence electrons. The number of carbonyl (C=O) groups excluding carboxylic acids is 1. The van der Waals surface area contributed by atoms with E-state index in [1.165, 1.54) is 0 Å². The van der Waals surface area contributed by atoms with Gasteiger partial charge < -0.3 is 10.4 Å². The minimum absolute atomic E-state index is 0.0176. The molecule has 0 saturated heterocycles. The minimum Gasteiger partial charge on any atom is -0.508 e. The number of aromatic hydroxyl groups is 1. The van der Waals surface area contributed by atoms with Crippen LogP contribution in [0.15, 0.2) is 12.1 Å². The summed E-state index contributed by atoms with van der Waals surface area (Å²) in [7, 11) is 0. The first-order chi connectivity index (χ1) is 11.2. The molecular formula is C21H39NO2. The van der Waals surface area contributed by atoms with Crippen molar-refractivity contribution in [2.24, 2.45) is 5.92 Å². The van der Waals surface area contributed by atoms with Crippen LogP contribution in [0.5, 0.6) is 5.75 Å². The van der Waals surface area contributed by atoms with Crippen LogP contribution >= 0.6 is 0 Å². The summed E-state index contributed by atoms with van der Waals surface area (Å²) in [6.07, 6.45) is 0.674. The van der Waals surface area contributed by atoms with Gasteiger partial charge in [-0.05, 0) is 49.1 Å². The van der Waals surface area contributed by atoms with Crippen molar-refractivity contribution in [3.8, 4) is 5.75 Å². The van der Waals surface area contributed by atoms with Crippen LogP contribution in [0.1, 0.15) is 72.1 Å². The molecule has 1 aromatic rings. The molecule has 0 fully saturated rings. The van der Waals surface area contributed by atoms with Crippen LogP contribution in [-0.4, -0.2) is 23.0 Å². The van der Waals surface area contributed by atoms with Gasteiger partial charge in [0.05, 0.1) is 6.04 Å². The second-order valence-corrected chi connectivity index (χ2v) is 6.19. The molecule has 24 heavy (non-hydrogen) atoms. The van der Waals surface area contributed by atoms with Gasteiger partial charge in [0.15, 0.2) is 5.78 Å². The fourth-order valence-corrected chi connectivity index (χ4v) is 2.54. The van der Waals surface area contributed by atoms with E-state index in [-0.39, 0.29) is 29.5 Å². The molecule has 3 nitrogen and oxygen atoms in total. The first-order valence-corrected chi connectivity index (χ1v) is 9.31. The lowest BCUT2D eigenvalue weighted by atomic mass is 9.91. The Morgan fingerprint density at radius 3 is 1.75 bits per heavy atom. The molecule has 0 aromatic heterocycles. The molecule has 3 heteroatoms. The zero-order valence-electron chi connectivity index (χ0n) is 17.4. The van der Waals surface area contributed by atoms with Crippen LogP contribution < -0.4 is 5.32 Å². The molecule has 0 amide bonds. The van der Waals surface area contributed by atoms with Crippen molar-refractivity contribution in [2.75, 3.05) is 0 Å². The molecule has 0 spiro atoms. The highest BCUT2D eigenvalue weighted by Gasteiger charge is 2.23. The third kappa shape index (κ3) is 8.49. The lowest BCUT2D eigenvalue weighted by molar-refractivity contribution is -0.124. The normalized spacial score (nSPS) is 11.3. The van der Waals surface area contributed by atoms with E-state index in [4.69, 9.17) is 0 Å². The lowest BCUT2D eigenvalue weighted by Gasteiger charge is -2.23. The second kappa shape index (κ2) is 13.0. The zero-order valence-corrected chi connectivity index (χ0v) is 17.4. The number of carbonyl (C=O) groups is 1. The number of phenols is 1. The number of nitrogens with one attached hydrogen (secondary N) is 1. The number of hydrogen-bond donors (Lipinski definition) is 2. The van der Waals surface area contributed by atoms with Crippen molar-refractivity contribution in [1.82, 2.24) is 5.32 Å². The summed E-state index contributed by atoms with van der Waals surface area (Å²) in [5, 5.41) is 13.0. The smallest absolute Gasteiger partial charge is 0.152 e. The van der Waals surface area contributed by atoms with Gasteiger partial charge in [0, 0.05) is 12.0 Å². The first-order valence-electron chi connectivity index (χ1n) is 9.31. The van der Waals surface area contributed by atoms with Crippen LogP contribution in [0, 0.1) is 19.8 Å². The Morgan fingerprint density at radius 2 is 1.42 bits per heavy atom. The van der Waals surface area contributed by atoms with E-state index < -0.39 is 0 Å². The van der Waals surface area contributed by atoms with Crippen LogP contribution in [0.2, 0.25) is 0 Å². The van der Waals surface area contributed by atoms with Crippen molar-refractivity contribution >= 4 is 5.78 Å². The number of ketones is 1. The number of Topliss-reactive ketones (excluding diaryl/α,β-unsaturated/α-hetero) is 1. The predicted molar refractivity (Wildman–Crippen MR) is 106 cm³/mol. The van der Waals surface area contributed by atoms with E-state index in [1.807, 2.05) is 55.4 Å². The summed E-state index contributed by atoms with van der Waals surface area (Å²) in [4.78, 5) is 12.4. The number of benzene rings is 1. The van der Waals surface area contributed by atoms with Gasteiger partial charge in [-0.15, -0.1) is 0 Å². The largest absolute Gasteiger partial charge is 0.508 e. The molecule has 1 unspecified atom stereocenters. The molecule has 0 radical (unpaired) electrons. The third-order valence-electron chi connectivity index (χ3n) is 3.54. The molecule has 0 heterocycles. The zero-order chi connectivity index (χ0) is 19.4. The third-order valence-corrected chi connectivity index (χ3v) is 3.54. The van der Waals surface area contributed by atoms with Crippen molar-refractivity contribution in [1.29, 1.82) is 0 Å². The topological polar surface area (TPSA) is 49.3 Å². The first kappa shape index (κ1) is 24.9. The molecule has 0 saturated carbocycles. The maximum atomic E-state index is 12.4. The number of aryl methyl sites for hydroxylation is 2. The van der Waals surface area contributed by atoms with E-state index in [0.29, 0.717) is 6.42 Å². The summed E-state index contributed by atoms with van der Waals surface area (Å²) in [5.74, 6) is 0.543. The Labute approximate surface area is 149 Å². The standard InChI is InChI=1S/C17H27NO2.2C2H6/c1-10(2)17(20)16(18-11(3)4)9-15-12(5)7-14(19)8-13(15)6;2*1-2/h7-8,10-11,16,18-19H,9H2,1-6H3;2*1-2H3. The van der Waals surface area contributed by atoms with Crippen LogP contribution in [0.3, 0.4) is 0 Å². The summed E-state index contributed by atoms with van der Waals surface area (Å²) in [6, 6.07) is 3.61. The van der Waals surface area contributed by atoms with E-state index in [2.05, 4.69) is 19.2 Å². The van der Waals surface area contributed by atoms with Gasteiger partial charge in [0.1, 0.15) is 5.75 Å². The van der Waals surface area contributed by atoms with Gasteiger partial charge in [-0.2, -0.15) is 0 Å². The van der Waals surface area contributed by atoms with Gasteiger partial charge in [0.2, 0.25) is 0 Å². The number of phenolic OH excluding ortho intramolecular Hbond substituents is 1. The number of hydrogen-bond acceptors (Lipinski definition) is 3. The van der Waals surface area contributed by atoms with Crippen molar-refractivity contribution in [2.45, 2.75) is 87.7 Å². The molecule has 0 aliphatic rings. The predicted octanol–water partition coefficient (Wildman–Crippen LogP) is 5.20. The highest BCUT2D eigenvalue weighted by atomic mass is 16.3. The molecule has 0 aliphatic carbocycles. The van der Waals surface area contributed by atoms with E-state index in [1.54, 1.807) is 12.1 Å². The van der Waals surface area contributed by atoms with Crippen molar-refractivity contribution < 1.29 is 9.90 Å². The molecule has 1 aromatic carbocycles. The van der Waals surface area contributed by atoms with Crippen LogP contribution in [-0.2, 0) is 11.2 Å². The monoisotopic (exact) mass is 337 g/mol. The maximum absolute atomic E-state index is 12.4. The van der Waals surface area contributed by atoms with Crippen molar-refractivity contribution in [3.05, 3.63) is 28.8 Å². The van der Waals surface area contributed by atoms with E-state index in [0.717, 1.165) is 16.7 Å². The van der Waals surface area contributed by atoms with E-state index in [9.17, 15) is 9.90 Å². The minimum atomic E-state index is -0.169. The van der Waals surface area contributed by atoms with Gasteiger partial charge in [-0.1, -0.05) is 55.4 Å². The molecule has 1 atom stereocenters. The summed E-state index contributed by atoms with van der Waals surface area (Å²) < 4.78 is 0. The Balaban J connectivity index is 0. The van der Waals surface area contributed by atoms with Gasteiger partial charge in [-0.3, -0.25) is 4.79 Å². The molecule has 0 bridgehead atoms.